The number of hydrogen-bond donors (Lipinski definition) is 6. The van der Waals surface area contributed by atoms with Gasteiger partial charge in [-0.15, -0.1) is 0 Å². The summed E-state index contributed by atoms with van der Waals surface area (Å²) in [5, 5.41) is 57.6. The second-order valence-electron chi connectivity index (χ2n) is 6.40. The van der Waals surface area contributed by atoms with Crippen LogP contribution in [0.15, 0.2) is 23.5 Å². The SMILES string of the molecule is COC(=O)C1=CO[C@@H](O[C@@H]2O[C@H](CO)[C@@H](O)[C@H](O)[C@H]2O)/C(=C/CO)[C@@H]1CC(=O)O. The van der Waals surface area contributed by atoms with E-state index in [-0.39, 0.29) is 11.1 Å². The maximum Gasteiger partial charge on any atom is 0.337 e. The van der Waals surface area contributed by atoms with Gasteiger partial charge in [-0.05, 0) is 0 Å². The summed E-state index contributed by atoms with van der Waals surface area (Å²) in [4.78, 5) is 23.3. The first kappa shape index (κ1) is 23.2. The third-order valence-corrected chi connectivity index (χ3v) is 4.60. The number of aliphatic hydroxyl groups is 5. The summed E-state index contributed by atoms with van der Waals surface area (Å²) in [5.41, 5.74) is -0.0713. The van der Waals surface area contributed by atoms with Crippen LogP contribution >= 0.6 is 0 Å². The van der Waals surface area contributed by atoms with Gasteiger partial charge in [-0.2, -0.15) is 0 Å². The molecule has 2 aliphatic heterocycles. The number of esters is 1. The van der Waals surface area contributed by atoms with Crippen LogP contribution < -0.4 is 0 Å². The summed E-state index contributed by atoms with van der Waals surface area (Å²) >= 11 is 0. The number of aliphatic carboxylic acids is 1. The minimum absolute atomic E-state index is 0.0507. The lowest BCUT2D eigenvalue weighted by atomic mass is 9.86. The van der Waals surface area contributed by atoms with Crippen molar-refractivity contribution in [2.24, 2.45) is 5.92 Å². The molecule has 0 aromatic heterocycles. The molecular formula is C17H24O12. The zero-order valence-corrected chi connectivity index (χ0v) is 15.5. The quantitative estimate of drug-likeness (QED) is 0.184. The van der Waals surface area contributed by atoms with E-state index in [1.165, 1.54) is 6.08 Å². The molecule has 2 rings (SSSR count). The Kier molecular flexibility index (Phi) is 8.10. The Bertz CT molecular complexity index is 657. The number of rotatable bonds is 7. The maximum atomic E-state index is 12.0. The molecule has 2 aliphatic rings. The van der Waals surface area contributed by atoms with Gasteiger partial charge < -0.3 is 49.6 Å². The van der Waals surface area contributed by atoms with Gasteiger partial charge in [-0.1, -0.05) is 6.08 Å². The average Bonchev–Trinajstić information content (AvgIpc) is 2.69. The predicted octanol–water partition coefficient (Wildman–Crippen LogP) is -2.77. The first-order chi connectivity index (χ1) is 13.7. The van der Waals surface area contributed by atoms with Crippen LogP contribution in [-0.4, -0.2) is 99.9 Å². The van der Waals surface area contributed by atoms with Crippen molar-refractivity contribution < 1.29 is 59.2 Å². The highest BCUT2D eigenvalue weighted by atomic mass is 16.8. The molecule has 0 amide bonds. The number of carboxylic acids is 1. The summed E-state index contributed by atoms with van der Waals surface area (Å²) < 4.78 is 20.7. The zero-order valence-electron chi connectivity index (χ0n) is 15.5. The van der Waals surface area contributed by atoms with Crippen molar-refractivity contribution in [3.8, 4) is 0 Å². The lowest BCUT2D eigenvalue weighted by molar-refractivity contribution is -0.327. The molecule has 7 atom stereocenters. The molecule has 0 aromatic rings. The lowest BCUT2D eigenvalue weighted by Crippen LogP contribution is -2.60. The Labute approximate surface area is 165 Å². The smallest absolute Gasteiger partial charge is 0.337 e. The monoisotopic (exact) mass is 420 g/mol. The van der Waals surface area contributed by atoms with Gasteiger partial charge >= 0.3 is 11.9 Å². The third kappa shape index (κ3) is 5.11. The van der Waals surface area contributed by atoms with Gasteiger partial charge in [0, 0.05) is 11.5 Å². The molecule has 1 saturated heterocycles. The van der Waals surface area contributed by atoms with Crippen molar-refractivity contribution in [1.82, 2.24) is 0 Å². The molecular weight excluding hydrogens is 396 g/mol. The van der Waals surface area contributed by atoms with Gasteiger partial charge in [-0.3, -0.25) is 4.79 Å². The van der Waals surface area contributed by atoms with Gasteiger partial charge in [0.1, 0.15) is 24.4 Å². The van der Waals surface area contributed by atoms with Crippen molar-refractivity contribution in [1.29, 1.82) is 0 Å². The largest absolute Gasteiger partial charge is 0.481 e. The normalized spacial score (nSPS) is 36.3. The van der Waals surface area contributed by atoms with E-state index in [4.69, 9.17) is 14.2 Å². The van der Waals surface area contributed by atoms with E-state index in [9.17, 15) is 40.2 Å². The number of aliphatic hydroxyl groups excluding tert-OH is 5. The first-order valence-corrected chi connectivity index (χ1v) is 8.67. The second kappa shape index (κ2) is 10.1. The molecule has 0 bridgehead atoms. The molecule has 0 saturated carbocycles. The molecule has 1 fully saturated rings. The molecule has 6 N–H and O–H groups in total. The molecule has 164 valence electrons. The summed E-state index contributed by atoms with van der Waals surface area (Å²) in [7, 11) is 1.10. The van der Waals surface area contributed by atoms with E-state index in [2.05, 4.69) is 4.74 Å². The minimum Gasteiger partial charge on any atom is -0.481 e. The molecule has 29 heavy (non-hydrogen) atoms. The Morgan fingerprint density at radius 3 is 2.41 bits per heavy atom. The molecule has 0 aromatic carbocycles. The zero-order chi connectivity index (χ0) is 21.7. The van der Waals surface area contributed by atoms with E-state index < -0.39 is 74.5 Å². The van der Waals surface area contributed by atoms with Gasteiger partial charge in [0.05, 0.1) is 38.6 Å². The number of methoxy groups -OCH3 is 1. The summed E-state index contributed by atoms with van der Waals surface area (Å²) in [6.45, 7) is -1.22. The van der Waals surface area contributed by atoms with Gasteiger partial charge in [-0.25, -0.2) is 4.79 Å². The van der Waals surface area contributed by atoms with Crippen LogP contribution in [-0.2, 0) is 28.5 Å². The predicted molar refractivity (Wildman–Crippen MR) is 90.7 cm³/mol. The van der Waals surface area contributed by atoms with Crippen molar-refractivity contribution in [2.45, 2.75) is 43.4 Å². The average molecular weight is 420 g/mol. The molecule has 2 heterocycles. The van der Waals surface area contributed by atoms with E-state index in [1.54, 1.807) is 0 Å². The fourth-order valence-corrected chi connectivity index (χ4v) is 3.11. The number of hydrogen-bond acceptors (Lipinski definition) is 11. The van der Waals surface area contributed by atoms with Crippen LogP contribution in [0.3, 0.4) is 0 Å². The van der Waals surface area contributed by atoms with Crippen LogP contribution in [0.25, 0.3) is 0 Å². The van der Waals surface area contributed by atoms with Crippen LogP contribution in [0.1, 0.15) is 6.42 Å². The van der Waals surface area contributed by atoms with E-state index in [0.717, 1.165) is 13.4 Å². The Morgan fingerprint density at radius 2 is 1.86 bits per heavy atom. The van der Waals surface area contributed by atoms with E-state index in [1.807, 2.05) is 0 Å². The number of carboxylic acid groups (broad SMARTS) is 1. The highest BCUT2D eigenvalue weighted by Crippen LogP contribution is 2.35. The van der Waals surface area contributed by atoms with Crippen LogP contribution in [0.2, 0.25) is 0 Å². The van der Waals surface area contributed by atoms with Gasteiger partial charge in [0.2, 0.25) is 6.29 Å². The standard InChI is InChI=1S/C17H24O12/c1-26-15(25)9-6-27-16(7(2-3-18)8(9)4-11(20)21)29-17-14(24)13(23)12(22)10(5-19)28-17/h2,6,8,10,12-14,16-19,22-24H,3-5H2,1H3,(H,20,21)/b7-2+/t8-,10+,12+,13-,14+,16-,17-/m0/s1. The van der Waals surface area contributed by atoms with Crippen LogP contribution in [0, 0.1) is 5.92 Å². The number of carbonyl (C=O) groups excluding carboxylic acids is 1. The highest BCUT2D eigenvalue weighted by molar-refractivity contribution is 5.90. The Balaban J connectivity index is 2.31. The topological polar surface area (TPSA) is 192 Å². The van der Waals surface area contributed by atoms with Crippen LogP contribution in [0.5, 0.6) is 0 Å². The number of carbonyl (C=O) groups is 2. The van der Waals surface area contributed by atoms with Crippen molar-refractivity contribution >= 4 is 11.9 Å². The third-order valence-electron chi connectivity index (χ3n) is 4.60. The number of ether oxygens (including phenoxy) is 4. The molecule has 0 aliphatic carbocycles. The summed E-state index contributed by atoms with van der Waals surface area (Å²) in [5.74, 6) is -3.16. The fraction of sp³-hybridized carbons (Fsp3) is 0.647. The molecule has 0 spiro atoms. The van der Waals surface area contributed by atoms with E-state index in [0.29, 0.717) is 0 Å². The molecule has 12 nitrogen and oxygen atoms in total. The fourth-order valence-electron chi connectivity index (χ4n) is 3.11. The molecule has 0 unspecified atom stereocenters. The Morgan fingerprint density at radius 1 is 1.17 bits per heavy atom. The first-order valence-electron chi connectivity index (χ1n) is 8.67. The van der Waals surface area contributed by atoms with Crippen molar-refractivity contribution in [3.63, 3.8) is 0 Å². The van der Waals surface area contributed by atoms with Gasteiger partial charge in [0.15, 0.2) is 6.29 Å². The minimum atomic E-state index is -1.73. The van der Waals surface area contributed by atoms with Crippen molar-refractivity contribution in [3.05, 3.63) is 23.5 Å². The molecule has 12 heteroatoms. The van der Waals surface area contributed by atoms with Crippen molar-refractivity contribution in [2.75, 3.05) is 20.3 Å². The summed E-state index contributed by atoms with van der Waals surface area (Å²) in [6.07, 6.45) is -7.65. The molecule has 0 radical (unpaired) electrons. The van der Waals surface area contributed by atoms with Gasteiger partial charge in [0.25, 0.3) is 0 Å². The maximum absolute atomic E-state index is 12.0. The highest BCUT2D eigenvalue weighted by Gasteiger charge is 2.46. The lowest BCUT2D eigenvalue weighted by Gasteiger charge is -2.41. The second-order valence-corrected chi connectivity index (χ2v) is 6.40. The summed E-state index contributed by atoms with van der Waals surface area (Å²) in [6, 6.07) is 0. The van der Waals surface area contributed by atoms with E-state index >= 15 is 0 Å². The van der Waals surface area contributed by atoms with Crippen LogP contribution in [0.4, 0.5) is 0 Å². The Hall–Kier alpha value is -2.06.